The van der Waals surface area contributed by atoms with E-state index in [1.807, 2.05) is 77.8 Å². The minimum absolute atomic E-state index is 0.209. The van der Waals surface area contributed by atoms with E-state index in [4.69, 9.17) is 35.4 Å². The fourth-order valence-corrected chi connectivity index (χ4v) is 4.70. The van der Waals surface area contributed by atoms with Gasteiger partial charge in [0.05, 0.1) is 17.3 Å². The largest absolute Gasteiger partial charge is 0.364 e. The SMILES string of the molecule is CNC(=S)N1NC(c2c(-c3ccccc3)c3cc(Cl)ccc3[nH]c2=O)=C[C@@H]1c1ccc(Cl)cc1. The van der Waals surface area contributed by atoms with Gasteiger partial charge in [0.25, 0.3) is 5.56 Å². The van der Waals surface area contributed by atoms with Crippen LogP contribution in [0.4, 0.5) is 0 Å². The summed E-state index contributed by atoms with van der Waals surface area (Å²) in [7, 11) is 1.77. The molecule has 0 saturated heterocycles. The van der Waals surface area contributed by atoms with E-state index >= 15 is 0 Å². The maximum atomic E-state index is 13.5. The molecule has 3 N–H and O–H groups in total. The molecule has 1 aliphatic rings. The van der Waals surface area contributed by atoms with Crippen LogP contribution in [0.5, 0.6) is 0 Å². The molecule has 34 heavy (non-hydrogen) atoms. The molecule has 0 amide bonds. The molecule has 0 saturated carbocycles. The number of benzene rings is 3. The average molecular weight is 507 g/mol. The number of hydrogen-bond donors (Lipinski definition) is 3. The normalized spacial score (nSPS) is 15.2. The second-order valence-corrected chi connectivity index (χ2v) is 9.13. The van der Waals surface area contributed by atoms with Crippen LogP contribution in [0.3, 0.4) is 0 Å². The smallest absolute Gasteiger partial charge is 0.258 e. The second kappa shape index (κ2) is 9.14. The Bertz CT molecular complexity index is 1480. The van der Waals surface area contributed by atoms with E-state index in [0.29, 0.717) is 31.9 Å². The summed E-state index contributed by atoms with van der Waals surface area (Å²) in [6.07, 6.45) is 2.00. The highest BCUT2D eigenvalue weighted by Gasteiger charge is 2.31. The number of hydrogen-bond acceptors (Lipinski definition) is 3. The number of halogens is 2. The highest BCUT2D eigenvalue weighted by molar-refractivity contribution is 7.80. The molecule has 1 aliphatic heterocycles. The number of thiocarbonyl (C=S) groups is 1. The topological polar surface area (TPSA) is 60.2 Å². The van der Waals surface area contributed by atoms with Gasteiger partial charge < -0.3 is 10.3 Å². The van der Waals surface area contributed by atoms with Gasteiger partial charge in [-0.15, -0.1) is 0 Å². The molecule has 1 aromatic heterocycles. The van der Waals surface area contributed by atoms with E-state index in [1.165, 1.54) is 0 Å². The molecule has 4 aromatic rings. The lowest BCUT2D eigenvalue weighted by Crippen LogP contribution is -2.44. The van der Waals surface area contributed by atoms with Crippen LogP contribution in [0.25, 0.3) is 27.7 Å². The van der Waals surface area contributed by atoms with Gasteiger partial charge in [-0.1, -0.05) is 65.7 Å². The number of pyridine rings is 1. The Kier molecular flexibility index (Phi) is 6.04. The van der Waals surface area contributed by atoms with Crippen molar-refractivity contribution < 1.29 is 0 Å². The first-order chi connectivity index (χ1) is 16.5. The summed E-state index contributed by atoms with van der Waals surface area (Å²) in [5.41, 5.74) is 7.72. The monoisotopic (exact) mass is 506 g/mol. The van der Waals surface area contributed by atoms with Gasteiger partial charge in [-0.25, -0.2) is 0 Å². The van der Waals surface area contributed by atoms with Gasteiger partial charge in [0.15, 0.2) is 5.11 Å². The van der Waals surface area contributed by atoms with Crippen molar-refractivity contribution in [3.8, 4) is 11.1 Å². The third-order valence-electron chi connectivity index (χ3n) is 5.80. The number of fused-ring (bicyclic) bond motifs is 1. The molecule has 0 radical (unpaired) electrons. The molecule has 0 aliphatic carbocycles. The van der Waals surface area contributed by atoms with Crippen molar-refractivity contribution in [3.63, 3.8) is 0 Å². The zero-order valence-corrected chi connectivity index (χ0v) is 20.4. The van der Waals surface area contributed by atoms with Crippen molar-refractivity contribution in [1.29, 1.82) is 0 Å². The van der Waals surface area contributed by atoms with Crippen LogP contribution < -0.4 is 16.3 Å². The summed E-state index contributed by atoms with van der Waals surface area (Å²) in [6.45, 7) is 0. The summed E-state index contributed by atoms with van der Waals surface area (Å²) < 4.78 is 0. The number of aromatic amines is 1. The van der Waals surface area contributed by atoms with E-state index in [-0.39, 0.29) is 11.6 Å². The van der Waals surface area contributed by atoms with Crippen LogP contribution >= 0.6 is 35.4 Å². The molecular formula is C26H20Cl2N4OS. The van der Waals surface area contributed by atoms with Gasteiger partial charge in [0, 0.05) is 33.6 Å². The molecule has 5 rings (SSSR count). The third kappa shape index (κ3) is 4.05. The first-order valence-corrected chi connectivity index (χ1v) is 11.8. The molecule has 0 fully saturated rings. The van der Waals surface area contributed by atoms with Gasteiger partial charge in [-0.3, -0.25) is 15.2 Å². The fraction of sp³-hybridized carbons (Fsp3) is 0.0769. The number of aromatic nitrogens is 1. The molecule has 3 aromatic carbocycles. The Balaban J connectivity index is 1.76. The Morgan fingerprint density at radius 1 is 0.971 bits per heavy atom. The van der Waals surface area contributed by atoms with E-state index in [0.717, 1.165) is 22.1 Å². The first-order valence-electron chi connectivity index (χ1n) is 10.6. The zero-order chi connectivity index (χ0) is 23.8. The Morgan fingerprint density at radius 3 is 2.38 bits per heavy atom. The first kappa shape index (κ1) is 22.5. The number of H-pyrrole nitrogens is 1. The molecule has 0 spiro atoms. The second-order valence-electron chi connectivity index (χ2n) is 7.87. The van der Waals surface area contributed by atoms with Crippen molar-refractivity contribution in [2.75, 3.05) is 7.05 Å². The molecule has 2 heterocycles. The summed E-state index contributed by atoms with van der Waals surface area (Å²) >= 11 is 18.0. The van der Waals surface area contributed by atoms with Crippen LogP contribution in [0, 0.1) is 0 Å². The maximum Gasteiger partial charge on any atom is 0.258 e. The van der Waals surface area contributed by atoms with Crippen LogP contribution in [0.1, 0.15) is 17.2 Å². The molecule has 0 bridgehead atoms. The minimum atomic E-state index is -0.245. The average Bonchev–Trinajstić information content (AvgIpc) is 3.29. The van der Waals surface area contributed by atoms with Crippen molar-refractivity contribution in [1.82, 2.24) is 20.7 Å². The molecule has 8 heteroatoms. The predicted molar refractivity (Wildman–Crippen MR) is 144 cm³/mol. The van der Waals surface area contributed by atoms with Crippen LogP contribution in [-0.2, 0) is 0 Å². The van der Waals surface area contributed by atoms with E-state index in [9.17, 15) is 4.79 Å². The quantitative estimate of drug-likeness (QED) is 0.301. The lowest BCUT2D eigenvalue weighted by atomic mass is 9.94. The molecule has 170 valence electrons. The van der Waals surface area contributed by atoms with Crippen LogP contribution in [0.15, 0.2) is 83.7 Å². The lowest BCUT2D eigenvalue weighted by Gasteiger charge is -2.27. The lowest BCUT2D eigenvalue weighted by molar-refractivity contribution is 0.339. The number of nitrogens with zero attached hydrogens (tertiary/aromatic N) is 1. The van der Waals surface area contributed by atoms with Crippen molar-refractivity contribution in [2.24, 2.45) is 0 Å². The number of hydrazine groups is 1. The molecule has 0 unspecified atom stereocenters. The summed E-state index contributed by atoms with van der Waals surface area (Å²) in [5.74, 6) is 0. The van der Waals surface area contributed by atoms with Crippen molar-refractivity contribution in [3.05, 3.63) is 110 Å². The summed E-state index contributed by atoms with van der Waals surface area (Å²) in [5, 5.41) is 7.43. The van der Waals surface area contributed by atoms with Gasteiger partial charge in [-0.2, -0.15) is 0 Å². The Morgan fingerprint density at radius 2 is 1.68 bits per heavy atom. The van der Waals surface area contributed by atoms with Gasteiger partial charge in [-0.05, 0) is 59.8 Å². The van der Waals surface area contributed by atoms with E-state index in [1.54, 1.807) is 13.1 Å². The molecule has 5 nitrogen and oxygen atoms in total. The summed E-state index contributed by atoms with van der Waals surface area (Å²) in [6, 6.07) is 22.6. The summed E-state index contributed by atoms with van der Waals surface area (Å²) in [4.78, 5) is 16.5. The molecular weight excluding hydrogens is 487 g/mol. The van der Waals surface area contributed by atoms with E-state index in [2.05, 4.69) is 15.7 Å². The minimum Gasteiger partial charge on any atom is -0.364 e. The Labute approximate surface area is 212 Å². The standard InChI is InChI=1S/C26H20Cl2N4OS/c1-29-26(34)32-22(15-7-9-17(27)10-8-15)14-21(31-32)24-23(16-5-3-2-4-6-16)19-13-18(28)11-12-20(19)30-25(24)33/h2-14,22,31H,1H3,(H,29,34)(H,30,33)/t22-/m1/s1. The van der Waals surface area contributed by atoms with Gasteiger partial charge in [0.2, 0.25) is 0 Å². The van der Waals surface area contributed by atoms with Crippen molar-refractivity contribution >= 4 is 57.1 Å². The third-order valence-corrected chi connectivity index (χ3v) is 6.68. The fourth-order valence-electron chi connectivity index (χ4n) is 4.24. The van der Waals surface area contributed by atoms with Gasteiger partial charge >= 0.3 is 0 Å². The predicted octanol–water partition coefficient (Wildman–Crippen LogP) is 5.91. The highest BCUT2D eigenvalue weighted by atomic mass is 35.5. The zero-order valence-electron chi connectivity index (χ0n) is 18.1. The number of rotatable bonds is 3. The maximum absolute atomic E-state index is 13.5. The Hall–Kier alpha value is -3.32. The van der Waals surface area contributed by atoms with Crippen molar-refractivity contribution in [2.45, 2.75) is 6.04 Å². The van der Waals surface area contributed by atoms with E-state index < -0.39 is 0 Å². The number of nitrogens with one attached hydrogen (secondary N) is 3. The van der Waals surface area contributed by atoms with Crippen LogP contribution in [-0.4, -0.2) is 22.2 Å². The highest BCUT2D eigenvalue weighted by Crippen LogP contribution is 2.37. The molecule has 1 atom stereocenters. The van der Waals surface area contributed by atoms with Crippen LogP contribution in [0.2, 0.25) is 10.0 Å². The van der Waals surface area contributed by atoms with Gasteiger partial charge in [0.1, 0.15) is 0 Å².